The summed E-state index contributed by atoms with van der Waals surface area (Å²) in [5.41, 5.74) is 4.54. The first-order chi connectivity index (χ1) is 16.4. The highest BCUT2D eigenvalue weighted by atomic mass is 16.2. The molecule has 4 rings (SSSR count). The fourth-order valence-corrected chi connectivity index (χ4v) is 4.80. The summed E-state index contributed by atoms with van der Waals surface area (Å²) < 4.78 is 1.63. The first-order valence-corrected chi connectivity index (χ1v) is 12.2. The largest absolute Gasteiger partial charge is 0.351 e. The van der Waals surface area contributed by atoms with E-state index in [0.717, 1.165) is 47.9 Å². The van der Waals surface area contributed by atoms with Crippen LogP contribution in [0.4, 0.5) is 5.69 Å². The van der Waals surface area contributed by atoms with Crippen LogP contribution in [-0.4, -0.2) is 27.6 Å². The maximum Gasteiger partial charge on any atom is 0.249 e. The highest BCUT2D eigenvalue weighted by Gasteiger charge is 2.35. The van der Waals surface area contributed by atoms with Crippen molar-refractivity contribution >= 4 is 17.5 Å². The van der Waals surface area contributed by atoms with Gasteiger partial charge in [0.05, 0.1) is 6.20 Å². The van der Waals surface area contributed by atoms with Crippen LogP contribution in [0.15, 0.2) is 60.9 Å². The van der Waals surface area contributed by atoms with Gasteiger partial charge in [0.1, 0.15) is 12.6 Å². The van der Waals surface area contributed by atoms with Gasteiger partial charge >= 0.3 is 0 Å². The molecule has 0 bridgehead atoms. The van der Waals surface area contributed by atoms with Crippen LogP contribution in [0.3, 0.4) is 0 Å². The molecule has 1 atom stereocenters. The fraction of sp³-hybridized carbons (Fsp3) is 0.393. The van der Waals surface area contributed by atoms with E-state index >= 15 is 0 Å². The highest BCUT2D eigenvalue weighted by Crippen LogP contribution is 2.31. The summed E-state index contributed by atoms with van der Waals surface area (Å²) in [6, 6.07) is 15.0. The molecule has 0 radical (unpaired) electrons. The van der Waals surface area contributed by atoms with Gasteiger partial charge in [0.25, 0.3) is 0 Å². The molecule has 1 aromatic heterocycles. The van der Waals surface area contributed by atoms with Crippen LogP contribution in [0.1, 0.15) is 60.4 Å². The number of rotatable bonds is 7. The van der Waals surface area contributed by atoms with Crippen molar-refractivity contribution in [2.45, 2.75) is 71.5 Å². The van der Waals surface area contributed by atoms with E-state index in [0.29, 0.717) is 5.69 Å². The van der Waals surface area contributed by atoms with Crippen molar-refractivity contribution in [1.29, 1.82) is 0 Å². The van der Waals surface area contributed by atoms with Crippen LogP contribution in [0, 0.1) is 20.8 Å². The lowest BCUT2D eigenvalue weighted by molar-refractivity contribution is -0.127. The minimum Gasteiger partial charge on any atom is -0.351 e. The van der Waals surface area contributed by atoms with Gasteiger partial charge in [-0.3, -0.25) is 19.2 Å². The standard InChI is InChI=1S/C28H34N4O2/c1-20-10-9-14-24(16-20)32(26(33)19-31-18-21(2)17-29-31)27(25-15-8-7-11-22(25)3)28(34)30-23-12-5-4-6-13-23/h7-11,14-18,23,27H,4-6,12-13,19H2,1-3H3,(H,30,34). The molecular weight excluding hydrogens is 424 g/mol. The number of amides is 2. The second-order valence-corrected chi connectivity index (χ2v) is 9.42. The Hall–Kier alpha value is -3.41. The van der Waals surface area contributed by atoms with Gasteiger partial charge in [-0.25, -0.2) is 0 Å². The minimum atomic E-state index is -0.769. The molecule has 6 nitrogen and oxygen atoms in total. The van der Waals surface area contributed by atoms with Crippen LogP contribution >= 0.6 is 0 Å². The zero-order chi connectivity index (χ0) is 24.1. The van der Waals surface area contributed by atoms with E-state index in [2.05, 4.69) is 10.4 Å². The van der Waals surface area contributed by atoms with E-state index in [1.807, 2.05) is 75.5 Å². The SMILES string of the molecule is Cc1cccc(N(C(=O)Cn2cc(C)cn2)C(C(=O)NC2CCCCC2)c2ccccc2C)c1. The Morgan fingerprint density at radius 1 is 1.03 bits per heavy atom. The minimum absolute atomic E-state index is 0.0564. The number of benzene rings is 2. The third-order valence-electron chi connectivity index (χ3n) is 6.55. The molecule has 178 valence electrons. The van der Waals surface area contributed by atoms with Gasteiger partial charge < -0.3 is 5.32 Å². The molecule has 1 heterocycles. The molecule has 1 saturated carbocycles. The van der Waals surface area contributed by atoms with Crippen LogP contribution in [0.2, 0.25) is 0 Å². The van der Waals surface area contributed by atoms with E-state index in [4.69, 9.17) is 0 Å². The van der Waals surface area contributed by atoms with Gasteiger partial charge in [-0.2, -0.15) is 5.10 Å². The number of aryl methyl sites for hydroxylation is 3. The highest BCUT2D eigenvalue weighted by molar-refractivity contribution is 6.01. The van der Waals surface area contributed by atoms with E-state index < -0.39 is 6.04 Å². The first-order valence-electron chi connectivity index (χ1n) is 12.2. The summed E-state index contributed by atoms with van der Waals surface area (Å²) in [7, 11) is 0. The smallest absolute Gasteiger partial charge is 0.249 e. The van der Waals surface area contributed by atoms with Gasteiger partial charge in [0.15, 0.2) is 0 Å². The Kier molecular flexibility index (Phi) is 7.46. The van der Waals surface area contributed by atoms with Crippen molar-refractivity contribution < 1.29 is 9.59 Å². The lowest BCUT2D eigenvalue weighted by atomic mass is 9.93. The van der Waals surface area contributed by atoms with Gasteiger partial charge in [0.2, 0.25) is 11.8 Å². The van der Waals surface area contributed by atoms with Crippen LogP contribution < -0.4 is 10.2 Å². The molecule has 1 aliphatic carbocycles. The van der Waals surface area contributed by atoms with Crippen LogP contribution in [0.25, 0.3) is 0 Å². The molecule has 1 unspecified atom stereocenters. The number of nitrogens with one attached hydrogen (secondary N) is 1. The topological polar surface area (TPSA) is 67.2 Å². The quantitative estimate of drug-likeness (QED) is 0.540. The number of anilines is 1. The van der Waals surface area contributed by atoms with Gasteiger partial charge in [-0.1, -0.05) is 55.7 Å². The number of hydrogen-bond acceptors (Lipinski definition) is 3. The summed E-state index contributed by atoms with van der Waals surface area (Å²) in [5, 5.41) is 7.58. The van der Waals surface area contributed by atoms with Gasteiger partial charge in [-0.05, 0) is 68.0 Å². The third-order valence-corrected chi connectivity index (χ3v) is 6.55. The van der Waals surface area contributed by atoms with Gasteiger partial charge in [0, 0.05) is 17.9 Å². The molecule has 2 amide bonds. The molecule has 3 aromatic rings. The molecule has 1 aliphatic rings. The van der Waals surface area contributed by atoms with E-state index in [1.165, 1.54) is 6.42 Å². The normalized spacial score (nSPS) is 15.0. The van der Waals surface area contributed by atoms with Crippen molar-refractivity contribution in [3.8, 4) is 0 Å². The second-order valence-electron chi connectivity index (χ2n) is 9.42. The number of carbonyl (C=O) groups excluding carboxylic acids is 2. The second kappa shape index (κ2) is 10.7. The van der Waals surface area contributed by atoms with Crippen molar-refractivity contribution in [3.63, 3.8) is 0 Å². The first kappa shape index (κ1) is 23.7. The zero-order valence-electron chi connectivity index (χ0n) is 20.3. The maximum absolute atomic E-state index is 13.9. The Balaban J connectivity index is 1.76. The molecule has 6 heteroatoms. The summed E-state index contributed by atoms with van der Waals surface area (Å²) in [4.78, 5) is 29.4. The predicted molar refractivity (Wildman–Crippen MR) is 135 cm³/mol. The Bertz CT molecular complexity index is 1150. The Morgan fingerprint density at radius 3 is 2.47 bits per heavy atom. The summed E-state index contributed by atoms with van der Waals surface area (Å²) in [5.74, 6) is -0.312. The lowest BCUT2D eigenvalue weighted by Crippen LogP contribution is -2.48. The molecule has 2 aromatic carbocycles. The summed E-state index contributed by atoms with van der Waals surface area (Å²) in [6.07, 6.45) is 9.01. The van der Waals surface area contributed by atoms with E-state index in [-0.39, 0.29) is 24.4 Å². The molecule has 0 spiro atoms. The summed E-state index contributed by atoms with van der Waals surface area (Å²) in [6.45, 7) is 5.99. The molecule has 0 saturated heterocycles. The number of aromatic nitrogens is 2. The van der Waals surface area contributed by atoms with Crippen molar-refractivity contribution in [1.82, 2.24) is 15.1 Å². The van der Waals surface area contributed by atoms with Crippen molar-refractivity contribution in [2.75, 3.05) is 4.90 Å². The molecule has 0 aliphatic heterocycles. The molecule has 34 heavy (non-hydrogen) atoms. The van der Waals surface area contributed by atoms with Gasteiger partial charge in [-0.15, -0.1) is 0 Å². The Labute approximate surface area is 202 Å². The number of carbonyl (C=O) groups is 2. The average molecular weight is 459 g/mol. The summed E-state index contributed by atoms with van der Waals surface area (Å²) >= 11 is 0. The lowest BCUT2D eigenvalue weighted by Gasteiger charge is -2.34. The third kappa shape index (κ3) is 5.56. The molecule has 1 fully saturated rings. The monoisotopic (exact) mass is 458 g/mol. The van der Waals surface area contributed by atoms with E-state index in [1.54, 1.807) is 15.8 Å². The Morgan fingerprint density at radius 2 is 1.79 bits per heavy atom. The van der Waals surface area contributed by atoms with Crippen molar-refractivity contribution in [3.05, 3.63) is 83.2 Å². The van der Waals surface area contributed by atoms with E-state index in [9.17, 15) is 9.59 Å². The fourth-order valence-electron chi connectivity index (χ4n) is 4.80. The van der Waals surface area contributed by atoms with Crippen LogP contribution in [-0.2, 0) is 16.1 Å². The molecular formula is C28H34N4O2. The number of hydrogen-bond donors (Lipinski definition) is 1. The maximum atomic E-state index is 13.9. The zero-order valence-corrected chi connectivity index (χ0v) is 20.3. The van der Waals surface area contributed by atoms with Crippen LogP contribution in [0.5, 0.6) is 0 Å². The average Bonchev–Trinajstić information content (AvgIpc) is 3.23. The molecule has 1 N–H and O–H groups in total. The number of nitrogens with zero attached hydrogens (tertiary/aromatic N) is 3. The predicted octanol–water partition coefficient (Wildman–Crippen LogP) is 5.03. The van der Waals surface area contributed by atoms with Crippen molar-refractivity contribution in [2.24, 2.45) is 0 Å².